The molecule has 168 valence electrons. The molecule has 0 aliphatic heterocycles. The van der Waals surface area contributed by atoms with Gasteiger partial charge >= 0.3 is 0 Å². The van der Waals surface area contributed by atoms with Crippen molar-refractivity contribution in [2.75, 3.05) is 0 Å². The van der Waals surface area contributed by atoms with Crippen LogP contribution in [0.3, 0.4) is 0 Å². The van der Waals surface area contributed by atoms with Gasteiger partial charge < -0.3 is 4.74 Å². The Morgan fingerprint density at radius 1 is 1.06 bits per heavy atom. The smallest absolute Gasteiger partial charge is 0.197 e. The van der Waals surface area contributed by atoms with Crippen molar-refractivity contribution >= 4 is 28.4 Å². The number of nitrogens with zero attached hydrogens (tertiary/aromatic N) is 4. The highest BCUT2D eigenvalue weighted by Crippen LogP contribution is 2.33. The van der Waals surface area contributed by atoms with Crippen LogP contribution >= 0.6 is 11.6 Å². The Labute approximate surface area is 199 Å². The number of ketones is 1. The Morgan fingerprint density at radius 2 is 1.88 bits per heavy atom. The fourth-order valence-corrected chi connectivity index (χ4v) is 3.91. The minimum atomic E-state index is -0.726. The molecule has 0 atom stereocenters. The lowest BCUT2D eigenvalue weighted by Gasteiger charge is -2.12. The van der Waals surface area contributed by atoms with Crippen molar-refractivity contribution in [3.05, 3.63) is 113 Å². The Bertz CT molecular complexity index is 1520. The second kappa shape index (κ2) is 9.03. The van der Waals surface area contributed by atoms with Gasteiger partial charge in [-0.3, -0.25) is 14.3 Å². The number of carbonyl (C=O) groups is 1. The van der Waals surface area contributed by atoms with Crippen LogP contribution in [0.25, 0.3) is 16.9 Å². The third-order valence-electron chi connectivity index (χ3n) is 5.38. The molecule has 0 aliphatic carbocycles. The third kappa shape index (κ3) is 4.13. The average Bonchev–Trinajstić information content (AvgIpc) is 3.29. The number of hydrogen-bond donors (Lipinski definition) is 0. The predicted molar refractivity (Wildman–Crippen MR) is 127 cm³/mol. The van der Waals surface area contributed by atoms with Crippen LogP contribution in [0.2, 0.25) is 5.02 Å². The van der Waals surface area contributed by atoms with Gasteiger partial charge in [-0.25, -0.2) is 14.4 Å². The number of rotatable bonds is 6. The first-order valence-electron chi connectivity index (χ1n) is 10.5. The Balaban J connectivity index is 1.48. The van der Waals surface area contributed by atoms with Gasteiger partial charge in [0.25, 0.3) is 0 Å². The summed E-state index contributed by atoms with van der Waals surface area (Å²) in [5.74, 6) is 0.250. The highest BCUT2D eigenvalue weighted by Gasteiger charge is 2.22. The summed E-state index contributed by atoms with van der Waals surface area (Å²) in [5.41, 5.74) is 2.00. The first kappa shape index (κ1) is 21.7. The van der Waals surface area contributed by atoms with Crippen LogP contribution in [0, 0.1) is 12.7 Å². The quantitative estimate of drug-likeness (QED) is 0.295. The molecule has 6 nitrogen and oxygen atoms in total. The van der Waals surface area contributed by atoms with Crippen molar-refractivity contribution < 1.29 is 13.9 Å². The minimum Gasteiger partial charge on any atom is -0.487 e. The third-order valence-corrected chi connectivity index (χ3v) is 5.76. The van der Waals surface area contributed by atoms with Crippen LogP contribution in [-0.4, -0.2) is 25.3 Å². The second-order valence-corrected chi connectivity index (χ2v) is 7.99. The van der Waals surface area contributed by atoms with E-state index in [4.69, 9.17) is 16.3 Å². The van der Waals surface area contributed by atoms with Gasteiger partial charge in [0.15, 0.2) is 11.6 Å². The molecule has 8 heteroatoms. The molecular formula is C26H18ClFN4O2. The van der Waals surface area contributed by atoms with E-state index in [0.717, 1.165) is 11.4 Å². The van der Waals surface area contributed by atoms with Crippen molar-refractivity contribution in [2.45, 2.75) is 13.5 Å². The number of fused-ring (bicyclic) bond motifs is 1. The van der Waals surface area contributed by atoms with E-state index in [0.29, 0.717) is 16.9 Å². The maximum Gasteiger partial charge on any atom is 0.197 e. The lowest BCUT2D eigenvalue weighted by Crippen LogP contribution is -2.08. The summed E-state index contributed by atoms with van der Waals surface area (Å²) < 4.78 is 22.3. The fourth-order valence-electron chi connectivity index (χ4n) is 3.61. The van der Waals surface area contributed by atoms with Crippen LogP contribution in [0.4, 0.5) is 4.39 Å². The number of hydrogen-bond acceptors (Lipinski definition) is 5. The normalized spacial score (nSPS) is 11.0. The van der Waals surface area contributed by atoms with E-state index in [1.807, 2.05) is 37.3 Å². The molecule has 0 aliphatic rings. The van der Waals surface area contributed by atoms with Crippen LogP contribution in [0.1, 0.15) is 27.3 Å². The van der Waals surface area contributed by atoms with Crippen molar-refractivity contribution in [1.29, 1.82) is 0 Å². The van der Waals surface area contributed by atoms with Crippen LogP contribution in [-0.2, 0) is 6.61 Å². The van der Waals surface area contributed by atoms with Crippen molar-refractivity contribution in [3.63, 3.8) is 0 Å². The SMILES string of the molecule is Cc1nccn1-c1cnc2ccc(C(=O)c3c(F)ccc(OCc4ccccc4)c3Cl)cc2n1. The monoisotopic (exact) mass is 472 g/mol. The van der Waals surface area contributed by atoms with Gasteiger partial charge in [-0.15, -0.1) is 0 Å². The molecule has 0 N–H and O–H groups in total. The summed E-state index contributed by atoms with van der Waals surface area (Å²) in [6.45, 7) is 2.09. The van der Waals surface area contributed by atoms with E-state index in [1.165, 1.54) is 12.1 Å². The van der Waals surface area contributed by atoms with Gasteiger partial charge in [-0.05, 0) is 42.8 Å². The zero-order valence-electron chi connectivity index (χ0n) is 18.1. The standard InChI is InChI=1S/C26H18ClFN4O2/c1-16-29-11-12-32(16)23-14-30-20-9-7-18(13-21(20)31-23)26(33)24-19(28)8-10-22(25(24)27)34-15-17-5-3-2-4-6-17/h2-14H,15H2,1H3. The highest BCUT2D eigenvalue weighted by atomic mass is 35.5. The first-order valence-corrected chi connectivity index (χ1v) is 10.9. The number of ether oxygens (including phenoxy) is 1. The van der Waals surface area contributed by atoms with Crippen LogP contribution in [0.5, 0.6) is 5.75 Å². The number of carbonyl (C=O) groups excluding carboxylic acids is 1. The highest BCUT2D eigenvalue weighted by molar-refractivity contribution is 6.36. The van der Waals surface area contributed by atoms with E-state index in [2.05, 4.69) is 15.0 Å². The molecule has 5 aromatic rings. The molecule has 3 aromatic carbocycles. The fraction of sp³-hybridized carbons (Fsp3) is 0.0769. The molecule has 5 rings (SSSR count). The lowest BCUT2D eigenvalue weighted by atomic mass is 10.0. The number of halogens is 2. The minimum absolute atomic E-state index is 0.0742. The summed E-state index contributed by atoms with van der Waals surface area (Å²) in [5, 5.41) is -0.0742. The van der Waals surface area contributed by atoms with Crippen molar-refractivity contribution in [1.82, 2.24) is 19.5 Å². The van der Waals surface area contributed by atoms with E-state index in [9.17, 15) is 9.18 Å². The maximum absolute atomic E-state index is 14.7. The van der Waals surface area contributed by atoms with Crippen molar-refractivity contribution in [3.8, 4) is 11.6 Å². The Morgan fingerprint density at radius 3 is 2.65 bits per heavy atom. The van der Waals surface area contributed by atoms with Gasteiger partial charge in [-0.1, -0.05) is 41.9 Å². The number of aromatic nitrogens is 4. The molecule has 0 radical (unpaired) electrons. The second-order valence-electron chi connectivity index (χ2n) is 7.61. The van der Waals surface area contributed by atoms with Gasteiger partial charge in [0.2, 0.25) is 0 Å². The van der Waals surface area contributed by atoms with Crippen LogP contribution in [0.15, 0.2) is 79.3 Å². The molecule has 2 aromatic heterocycles. The van der Waals surface area contributed by atoms with Gasteiger partial charge in [0.05, 0.1) is 27.8 Å². The van der Waals surface area contributed by atoms with E-state index >= 15 is 0 Å². The molecular weight excluding hydrogens is 455 g/mol. The number of aryl methyl sites for hydroxylation is 1. The predicted octanol–water partition coefficient (Wildman–Crippen LogP) is 5.73. The molecule has 0 fully saturated rings. The van der Waals surface area contributed by atoms with Gasteiger partial charge in [0, 0.05) is 18.0 Å². The van der Waals surface area contributed by atoms with E-state index in [-0.39, 0.29) is 28.5 Å². The topological polar surface area (TPSA) is 69.9 Å². The van der Waals surface area contributed by atoms with Crippen molar-refractivity contribution in [2.24, 2.45) is 0 Å². The molecule has 0 amide bonds. The molecule has 0 bridgehead atoms. The number of benzene rings is 3. The number of imidazole rings is 1. The summed E-state index contributed by atoms with van der Waals surface area (Å²) in [6.07, 6.45) is 5.07. The summed E-state index contributed by atoms with van der Waals surface area (Å²) in [4.78, 5) is 26.5. The molecule has 0 saturated carbocycles. The molecule has 34 heavy (non-hydrogen) atoms. The molecule has 0 unspecified atom stereocenters. The summed E-state index contributed by atoms with van der Waals surface area (Å²) in [7, 11) is 0. The summed E-state index contributed by atoms with van der Waals surface area (Å²) in [6, 6.07) is 16.9. The van der Waals surface area contributed by atoms with E-state index < -0.39 is 11.6 Å². The first-order chi connectivity index (χ1) is 16.5. The maximum atomic E-state index is 14.7. The summed E-state index contributed by atoms with van der Waals surface area (Å²) >= 11 is 6.43. The molecule has 0 saturated heterocycles. The largest absolute Gasteiger partial charge is 0.487 e. The Hall–Kier alpha value is -4.10. The van der Waals surface area contributed by atoms with Gasteiger partial charge in [0.1, 0.15) is 24.0 Å². The molecule has 0 spiro atoms. The zero-order chi connectivity index (χ0) is 23.7. The Kier molecular flexibility index (Phi) is 5.77. The van der Waals surface area contributed by atoms with Gasteiger partial charge in [-0.2, -0.15) is 0 Å². The molecule has 2 heterocycles. The average molecular weight is 473 g/mol. The lowest BCUT2D eigenvalue weighted by molar-refractivity contribution is 0.103. The zero-order valence-corrected chi connectivity index (χ0v) is 18.8. The van der Waals surface area contributed by atoms with Crippen LogP contribution < -0.4 is 4.74 Å². The van der Waals surface area contributed by atoms with E-state index in [1.54, 1.807) is 41.4 Å².